The molecule has 3 rings (SSSR count). The Balaban J connectivity index is 1.60. The highest BCUT2D eigenvalue weighted by Gasteiger charge is 2.21. The number of aromatic nitrogens is 2. The van der Waals surface area contributed by atoms with Crippen LogP contribution in [-0.4, -0.2) is 49.4 Å². The van der Waals surface area contributed by atoms with Gasteiger partial charge in [0.2, 0.25) is 5.95 Å². The van der Waals surface area contributed by atoms with Gasteiger partial charge in [-0.25, -0.2) is 9.97 Å². The van der Waals surface area contributed by atoms with Crippen molar-refractivity contribution in [1.29, 1.82) is 0 Å². The lowest BCUT2D eigenvalue weighted by Crippen LogP contribution is -2.46. The van der Waals surface area contributed by atoms with E-state index in [1.807, 2.05) is 7.05 Å². The molecule has 0 aliphatic carbocycles. The van der Waals surface area contributed by atoms with Crippen LogP contribution in [0.2, 0.25) is 10.0 Å². The summed E-state index contributed by atoms with van der Waals surface area (Å²) in [6, 6.07) is 5.37. The van der Waals surface area contributed by atoms with Crippen LogP contribution in [0.4, 0.5) is 5.95 Å². The number of nitrogens with one attached hydrogen (secondary N) is 1. The van der Waals surface area contributed by atoms with Gasteiger partial charge in [-0.3, -0.25) is 0 Å². The van der Waals surface area contributed by atoms with Crippen molar-refractivity contribution in [1.82, 2.24) is 15.3 Å². The quantitative estimate of drug-likeness (QED) is 0.828. The summed E-state index contributed by atoms with van der Waals surface area (Å²) in [4.78, 5) is 10.9. The Morgan fingerprint density at radius 1 is 1.28 bits per heavy atom. The van der Waals surface area contributed by atoms with Crippen LogP contribution >= 0.6 is 23.2 Å². The molecule has 8 heteroatoms. The van der Waals surface area contributed by atoms with Gasteiger partial charge < -0.3 is 19.7 Å². The summed E-state index contributed by atoms with van der Waals surface area (Å²) in [7, 11) is 1.91. The fourth-order valence-corrected chi connectivity index (χ4v) is 3.13. The molecule has 1 aromatic heterocycles. The van der Waals surface area contributed by atoms with Crippen molar-refractivity contribution in [3.8, 4) is 5.75 Å². The topological polar surface area (TPSA) is 59.5 Å². The molecule has 0 spiro atoms. The van der Waals surface area contributed by atoms with Gasteiger partial charge in [0.15, 0.2) is 5.75 Å². The Hall–Kier alpha value is -1.60. The maximum atomic E-state index is 6.14. The van der Waals surface area contributed by atoms with Crippen molar-refractivity contribution in [2.75, 3.05) is 38.2 Å². The summed E-state index contributed by atoms with van der Waals surface area (Å²) in [5.41, 5.74) is 0.748. The third kappa shape index (κ3) is 4.73. The van der Waals surface area contributed by atoms with Crippen molar-refractivity contribution in [3.63, 3.8) is 0 Å². The van der Waals surface area contributed by atoms with Crippen LogP contribution in [0.3, 0.4) is 0 Å². The van der Waals surface area contributed by atoms with Gasteiger partial charge in [0, 0.05) is 35.2 Å². The van der Waals surface area contributed by atoms with Crippen LogP contribution in [0, 0.1) is 0 Å². The second-order valence-corrected chi connectivity index (χ2v) is 6.52. The number of halogens is 2. The molecule has 0 saturated carbocycles. The van der Waals surface area contributed by atoms with Crippen molar-refractivity contribution in [2.24, 2.45) is 0 Å². The average molecular weight is 383 g/mol. The molecule has 1 aliphatic rings. The van der Waals surface area contributed by atoms with Crippen LogP contribution in [0.1, 0.15) is 5.56 Å². The van der Waals surface area contributed by atoms with E-state index in [1.54, 1.807) is 30.6 Å². The van der Waals surface area contributed by atoms with Crippen LogP contribution in [-0.2, 0) is 11.3 Å². The third-order valence-corrected chi connectivity index (χ3v) is 4.62. The number of hydrogen-bond donors (Lipinski definition) is 1. The van der Waals surface area contributed by atoms with Crippen LogP contribution in [0.25, 0.3) is 0 Å². The number of rotatable bonds is 6. The lowest BCUT2D eigenvalue weighted by atomic mass is 10.2. The Morgan fingerprint density at radius 2 is 2.00 bits per heavy atom. The zero-order chi connectivity index (χ0) is 17.6. The molecule has 2 heterocycles. The van der Waals surface area contributed by atoms with E-state index in [0.29, 0.717) is 28.3 Å². The molecule has 2 aromatic rings. The van der Waals surface area contributed by atoms with E-state index in [9.17, 15) is 0 Å². The molecule has 0 bridgehead atoms. The number of likely N-dealkylation sites (N-methyl/N-ethyl adjacent to an activating group) is 1. The van der Waals surface area contributed by atoms with E-state index in [0.717, 1.165) is 25.2 Å². The summed E-state index contributed by atoms with van der Waals surface area (Å²) in [6.07, 6.45) is 3.46. The first-order chi connectivity index (χ1) is 12.2. The van der Waals surface area contributed by atoms with E-state index < -0.39 is 0 Å². The number of benzene rings is 1. The highest BCUT2D eigenvalue weighted by Crippen LogP contribution is 2.25. The average Bonchev–Trinajstić information content (AvgIpc) is 2.62. The SMILES string of the molecule is CNCC1CN(c2ncc(OCc3c(Cl)cccc3Cl)cn2)CCO1. The number of ether oxygens (including phenoxy) is 2. The number of hydrogen-bond acceptors (Lipinski definition) is 6. The number of nitrogens with zero attached hydrogens (tertiary/aromatic N) is 3. The standard InChI is InChI=1S/C17H20Cl2N4O2/c1-20-7-13-10-23(5-6-24-13)17-21-8-12(9-22-17)25-11-14-15(18)3-2-4-16(14)19/h2-4,8-9,13,20H,5-7,10-11H2,1H3. The van der Waals surface area contributed by atoms with Crippen LogP contribution < -0.4 is 15.0 Å². The zero-order valence-electron chi connectivity index (χ0n) is 13.9. The Morgan fingerprint density at radius 3 is 2.68 bits per heavy atom. The maximum Gasteiger partial charge on any atom is 0.225 e. The fraction of sp³-hybridized carbons (Fsp3) is 0.412. The van der Waals surface area contributed by atoms with Gasteiger partial charge in [0.25, 0.3) is 0 Å². The third-order valence-electron chi connectivity index (χ3n) is 3.91. The second kappa shape index (κ2) is 8.67. The van der Waals surface area contributed by atoms with Gasteiger partial charge in [-0.1, -0.05) is 29.3 Å². The molecule has 1 fully saturated rings. The fourth-order valence-electron chi connectivity index (χ4n) is 2.63. The molecular weight excluding hydrogens is 363 g/mol. The van der Waals surface area contributed by atoms with Gasteiger partial charge in [0.1, 0.15) is 6.61 Å². The molecular formula is C17H20Cl2N4O2. The first-order valence-electron chi connectivity index (χ1n) is 8.06. The summed E-state index contributed by atoms with van der Waals surface area (Å²) in [6.45, 7) is 3.27. The lowest BCUT2D eigenvalue weighted by molar-refractivity contribution is 0.0416. The van der Waals surface area contributed by atoms with Gasteiger partial charge in [0.05, 0.1) is 25.1 Å². The second-order valence-electron chi connectivity index (χ2n) is 5.70. The minimum Gasteiger partial charge on any atom is -0.486 e. The van der Waals surface area contributed by atoms with E-state index in [1.165, 1.54) is 0 Å². The summed E-state index contributed by atoms with van der Waals surface area (Å²) < 4.78 is 11.4. The van der Waals surface area contributed by atoms with Gasteiger partial charge >= 0.3 is 0 Å². The van der Waals surface area contributed by atoms with Crippen LogP contribution in [0.5, 0.6) is 5.75 Å². The van der Waals surface area contributed by atoms with Crippen molar-refractivity contribution >= 4 is 29.2 Å². The maximum absolute atomic E-state index is 6.14. The molecule has 0 amide bonds. The van der Waals surface area contributed by atoms with E-state index in [2.05, 4.69) is 20.2 Å². The molecule has 1 aliphatic heterocycles. The van der Waals surface area contributed by atoms with E-state index in [4.69, 9.17) is 32.7 Å². The highest BCUT2D eigenvalue weighted by atomic mass is 35.5. The Kier molecular flexibility index (Phi) is 6.31. The monoisotopic (exact) mass is 382 g/mol. The Bertz CT molecular complexity index is 677. The number of morpholine rings is 1. The first-order valence-corrected chi connectivity index (χ1v) is 8.82. The van der Waals surface area contributed by atoms with Crippen molar-refractivity contribution < 1.29 is 9.47 Å². The molecule has 1 saturated heterocycles. The summed E-state index contributed by atoms with van der Waals surface area (Å²) >= 11 is 12.3. The smallest absolute Gasteiger partial charge is 0.225 e. The predicted molar refractivity (Wildman–Crippen MR) is 98.7 cm³/mol. The minimum absolute atomic E-state index is 0.139. The lowest BCUT2D eigenvalue weighted by Gasteiger charge is -2.32. The predicted octanol–water partition coefficient (Wildman–Crippen LogP) is 2.79. The Labute approximate surface area is 157 Å². The van der Waals surface area contributed by atoms with Crippen LogP contribution in [0.15, 0.2) is 30.6 Å². The number of anilines is 1. The largest absolute Gasteiger partial charge is 0.486 e. The molecule has 6 nitrogen and oxygen atoms in total. The molecule has 1 aromatic carbocycles. The molecule has 0 radical (unpaired) electrons. The summed E-state index contributed by atoms with van der Waals surface area (Å²) in [5, 5.41) is 4.28. The highest BCUT2D eigenvalue weighted by molar-refractivity contribution is 6.35. The van der Waals surface area contributed by atoms with Gasteiger partial charge in [-0.2, -0.15) is 0 Å². The minimum atomic E-state index is 0.139. The van der Waals surface area contributed by atoms with Crippen molar-refractivity contribution in [2.45, 2.75) is 12.7 Å². The van der Waals surface area contributed by atoms with Gasteiger partial charge in [-0.15, -0.1) is 0 Å². The molecule has 25 heavy (non-hydrogen) atoms. The van der Waals surface area contributed by atoms with E-state index in [-0.39, 0.29) is 12.7 Å². The van der Waals surface area contributed by atoms with Gasteiger partial charge in [-0.05, 0) is 19.2 Å². The van der Waals surface area contributed by atoms with E-state index >= 15 is 0 Å². The normalized spacial score (nSPS) is 17.6. The molecule has 1 N–H and O–H groups in total. The molecule has 1 atom stereocenters. The first kappa shape index (κ1) is 18.2. The molecule has 134 valence electrons. The summed E-state index contributed by atoms with van der Waals surface area (Å²) in [5.74, 6) is 1.24. The zero-order valence-corrected chi connectivity index (χ0v) is 15.4. The molecule has 1 unspecified atom stereocenters. The van der Waals surface area contributed by atoms with Crippen molar-refractivity contribution in [3.05, 3.63) is 46.2 Å².